The lowest BCUT2D eigenvalue weighted by Gasteiger charge is -2.16. The van der Waals surface area contributed by atoms with Gasteiger partial charge in [0.2, 0.25) is 10.0 Å². The largest absolute Gasteiger partial charge is 0.422 e. The van der Waals surface area contributed by atoms with E-state index in [0.717, 1.165) is 12.1 Å². The molecule has 0 aliphatic heterocycles. The molecule has 0 unspecified atom stereocenters. The fraction of sp³-hybridized carbons (Fsp3) is 0.200. The van der Waals surface area contributed by atoms with Crippen molar-refractivity contribution in [2.45, 2.75) is 23.9 Å². The van der Waals surface area contributed by atoms with Gasteiger partial charge in [-0.05, 0) is 41.7 Å². The summed E-state index contributed by atoms with van der Waals surface area (Å²) in [5.41, 5.74) is -4.51. The lowest BCUT2D eigenvalue weighted by atomic mass is 9.93. The van der Waals surface area contributed by atoms with Crippen LogP contribution in [0.3, 0.4) is 0 Å². The molecule has 2 N–H and O–H groups in total. The number of nitrogens with two attached hydrogens (primary N) is 1. The highest BCUT2D eigenvalue weighted by atomic mass is 32.2. The molecule has 0 amide bonds. The van der Waals surface area contributed by atoms with Gasteiger partial charge in [-0.3, -0.25) is 0 Å². The minimum Gasteiger partial charge on any atom is -0.225 e. The molecule has 11 heteroatoms. The number of alkyl halides is 3. The van der Waals surface area contributed by atoms with Crippen LogP contribution in [0.4, 0.5) is 30.7 Å². The van der Waals surface area contributed by atoms with Crippen LogP contribution >= 0.6 is 0 Å². The standard InChI is InChI=1S/C20H12F7NO2S/c21-15-13(16(22)18(24)14(17(15)23)20(25,26)27)12-8-19(5-6-19)7-11(12)9-1-3-10(4-2-9)31(28,29)30/h1-4,7-8H,5-6H2,(H2,28,29,30). The minimum absolute atomic E-state index is 0.106. The van der Waals surface area contributed by atoms with Crippen LogP contribution in [0.25, 0.3) is 11.1 Å². The van der Waals surface area contributed by atoms with E-state index >= 15 is 0 Å². The van der Waals surface area contributed by atoms with E-state index < -0.39 is 56.0 Å². The van der Waals surface area contributed by atoms with Crippen LogP contribution < -0.4 is 5.14 Å². The summed E-state index contributed by atoms with van der Waals surface area (Å²) in [6, 6.07) is 4.80. The predicted octanol–water partition coefficient (Wildman–Crippen LogP) is 5.17. The van der Waals surface area contributed by atoms with Crippen molar-refractivity contribution in [1.29, 1.82) is 0 Å². The molecular formula is C20H12F7NO2S. The predicted molar refractivity (Wildman–Crippen MR) is 96.7 cm³/mol. The van der Waals surface area contributed by atoms with Crippen LogP contribution in [-0.2, 0) is 16.2 Å². The molecule has 4 rings (SSSR count). The average molecular weight is 463 g/mol. The molecule has 0 heterocycles. The third kappa shape index (κ3) is 3.55. The summed E-state index contributed by atoms with van der Waals surface area (Å²) in [6.45, 7) is 0. The molecule has 0 bridgehead atoms. The van der Waals surface area contributed by atoms with Crippen LogP contribution in [0.1, 0.15) is 29.5 Å². The number of halogens is 7. The van der Waals surface area contributed by atoms with E-state index in [-0.39, 0.29) is 21.6 Å². The number of rotatable bonds is 3. The van der Waals surface area contributed by atoms with Crippen LogP contribution in [-0.4, -0.2) is 8.42 Å². The lowest BCUT2D eigenvalue weighted by Crippen LogP contribution is -2.17. The molecule has 3 nitrogen and oxygen atoms in total. The zero-order valence-electron chi connectivity index (χ0n) is 15.3. The molecule has 31 heavy (non-hydrogen) atoms. The second-order valence-electron chi connectivity index (χ2n) is 7.42. The zero-order chi connectivity index (χ0) is 22.9. The summed E-state index contributed by atoms with van der Waals surface area (Å²) < 4.78 is 119. The highest BCUT2D eigenvalue weighted by Crippen LogP contribution is 2.58. The Morgan fingerprint density at radius 1 is 0.806 bits per heavy atom. The number of benzene rings is 2. The quantitative estimate of drug-likeness (QED) is 0.505. The first-order chi connectivity index (χ1) is 14.3. The monoisotopic (exact) mass is 463 g/mol. The molecule has 2 aromatic carbocycles. The van der Waals surface area contributed by atoms with Gasteiger partial charge in [0, 0.05) is 5.41 Å². The summed E-state index contributed by atoms with van der Waals surface area (Å²) in [7, 11) is -4.02. The maximum atomic E-state index is 14.6. The molecule has 0 atom stereocenters. The molecule has 0 aromatic heterocycles. The number of hydrogen-bond acceptors (Lipinski definition) is 2. The third-order valence-electron chi connectivity index (χ3n) is 5.29. The van der Waals surface area contributed by atoms with Gasteiger partial charge in [0.05, 0.1) is 10.5 Å². The Morgan fingerprint density at radius 2 is 1.29 bits per heavy atom. The van der Waals surface area contributed by atoms with Crippen molar-refractivity contribution in [2.24, 2.45) is 10.6 Å². The van der Waals surface area contributed by atoms with Crippen molar-refractivity contribution in [3.8, 4) is 0 Å². The van der Waals surface area contributed by atoms with Gasteiger partial charge >= 0.3 is 6.18 Å². The van der Waals surface area contributed by atoms with Crippen molar-refractivity contribution in [2.75, 3.05) is 0 Å². The highest BCUT2D eigenvalue weighted by Gasteiger charge is 2.47. The molecule has 0 radical (unpaired) electrons. The number of hydrogen-bond donors (Lipinski definition) is 1. The second-order valence-corrected chi connectivity index (χ2v) is 8.98. The number of primary sulfonamides is 1. The highest BCUT2D eigenvalue weighted by molar-refractivity contribution is 7.89. The first kappa shape index (κ1) is 21.6. The Balaban J connectivity index is 1.90. The summed E-state index contributed by atoms with van der Waals surface area (Å²) in [5.74, 6) is -9.41. The number of sulfonamides is 1. The maximum absolute atomic E-state index is 14.6. The van der Waals surface area contributed by atoms with Gasteiger partial charge in [0.1, 0.15) is 5.56 Å². The number of allylic oxidation sites excluding steroid dienone is 4. The Morgan fingerprint density at radius 3 is 1.71 bits per heavy atom. The SMILES string of the molecule is NS(=O)(=O)c1ccc(C2=CC3(C=C2c2c(F)c(F)c(C(F)(F)F)c(F)c2F)CC3)cc1. The molecule has 2 aliphatic rings. The Kier molecular flexibility index (Phi) is 4.64. The van der Waals surface area contributed by atoms with Gasteiger partial charge in [-0.15, -0.1) is 0 Å². The van der Waals surface area contributed by atoms with Gasteiger partial charge in [-0.25, -0.2) is 31.1 Å². The summed E-state index contributed by atoms with van der Waals surface area (Å²) in [6.07, 6.45) is -1.59. The summed E-state index contributed by atoms with van der Waals surface area (Å²) in [5, 5.41) is 5.03. The summed E-state index contributed by atoms with van der Waals surface area (Å²) in [4.78, 5) is -0.245. The Labute approximate surface area is 171 Å². The third-order valence-corrected chi connectivity index (χ3v) is 6.22. The first-order valence-electron chi connectivity index (χ1n) is 8.78. The van der Waals surface area contributed by atoms with E-state index in [1.165, 1.54) is 18.2 Å². The summed E-state index contributed by atoms with van der Waals surface area (Å²) >= 11 is 0. The van der Waals surface area contributed by atoms with E-state index in [4.69, 9.17) is 5.14 Å². The van der Waals surface area contributed by atoms with E-state index in [1.807, 2.05) is 0 Å². The fourth-order valence-electron chi connectivity index (χ4n) is 3.59. The van der Waals surface area contributed by atoms with Gasteiger partial charge in [-0.2, -0.15) is 13.2 Å². The van der Waals surface area contributed by atoms with Gasteiger partial charge in [0.25, 0.3) is 0 Å². The van der Waals surface area contributed by atoms with E-state index in [1.54, 1.807) is 6.08 Å². The fourth-order valence-corrected chi connectivity index (χ4v) is 4.11. The van der Waals surface area contributed by atoms with Gasteiger partial charge in [-0.1, -0.05) is 24.3 Å². The van der Waals surface area contributed by atoms with Crippen LogP contribution in [0, 0.1) is 28.7 Å². The second kappa shape index (κ2) is 6.67. The Bertz CT molecular complexity index is 1240. The van der Waals surface area contributed by atoms with Crippen molar-refractivity contribution >= 4 is 21.2 Å². The van der Waals surface area contributed by atoms with Crippen molar-refractivity contribution in [3.63, 3.8) is 0 Å². The molecule has 0 saturated heterocycles. The van der Waals surface area contributed by atoms with Crippen LogP contribution in [0.5, 0.6) is 0 Å². The van der Waals surface area contributed by atoms with Gasteiger partial charge in [0.15, 0.2) is 23.3 Å². The smallest absolute Gasteiger partial charge is 0.225 e. The minimum atomic E-state index is -5.64. The Hall–Kier alpha value is -2.66. The van der Waals surface area contributed by atoms with E-state index in [2.05, 4.69) is 0 Å². The normalized spacial score (nSPS) is 17.7. The lowest BCUT2D eigenvalue weighted by molar-refractivity contribution is -0.143. The molecule has 1 spiro atoms. The van der Waals surface area contributed by atoms with Crippen molar-refractivity contribution < 1.29 is 39.2 Å². The molecule has 2 aliphatic carbocycles. The maximum Gasteiger partial charge on any atom is 0.422 e. The van der Waals surface area contributed by atoms with E-state index in [9.17, 15) is 39.2 Å². The molecule has 1 saturated carbocycles. The van der Waals surface area contributed by atoms with Crippen LogP contribution in [0.15, 0.2) is 41.3 Å². The molecule has 164 valence electrons. The van der Waals surface area contributed by atoms with Crippen molar-refractivity contribution in [3.05, 3.63) is 76.4 Å². The molecule has 2 aromatic rings. The molecular weight excluding hydrogens is 451 g/mol. The first-order valence-corrected chi connectivity index (χ1v) is 10.3. The van der Waals surface area contributed by atoms with Crippen molar-refractivity contribution in [1.82, 2.24) is 0 Å². The molecule has 1 fully saturated rings. The average Bonchev–Trinajstić information content (AvgIpc) is 3.31. The van der Waals surface area contributed by atoms with Gasteiger partial charge < -0.3 is 0 Å². The zero-order valence-corrected chi connectivity index (χ0v) is 16.1. The van der Waals surface area contributed by atoms with Crippen LogP contribution in [0.2, 0.25) is 0 Å². The van der Waals surface area contributed by atoms with E-state index in [0.29, 0.717) is 12.8 Å². The topological polar surface area (TPSA) is 60.2 Å².